The Morgan fingerprint density at radius 2 is 1.65 bits per heavy atom. The number of rotatable bonds is 4. The molecule has 0 saturated carbocycles. The van der Waals surface area contributed by atoms with E-state index < -0.39 is 35.4 Å². The third-order valence-corrected chi connectivity index (χ3v) is 4.23. The zero-order chi connectivity index (χ0) is 23.6. The zero-order valence-corrected chi connectivity index (χ0v) is 19.5. The van der Waals surface area contributed by atoms with Gasteiger partial charge in [0, 0.05) is 18.0 Å². The smallest absolute Gasteiger partial charge is 0.419 e. The van der Waals surface area contributed by atoms with Crippen LogP contribution in [0.5, 0.6) is 0 Å². The standard InChI is InChI=1S/C23H32N2O6/c1-14-9-10-16-15(13-25(18(16)11-14)21(28)31-23(5,6)7)12-17(19(26)29-8)24-20(27)30-22(2,3)4/h9-11,13,17H,12H2,1-8H3,(H,24,27)/t17-/m1/s1. The van der Waals surface area contributed by atoms with Gasteiger partial charge in [-0.1, -0.05) is 12.1 Å². The van der Waals surface area contributed by atoms with Crippen molar-refractivity contribution in [1.29, 1.82) is 0 Å². The van der Waals surface area contributed by atoms with E-state index >= 15 is 0 Å². The highest BCUT2D eigenvalue weighted by Gasteiger charge is 2.28. The SMILES string of the molecule is COC(=O)[C@@H](Cc1cn(C(=O)OC(C)(C)C)c2cc(C)ccc12)NC(=O)OC(C)(C)C. The minimum atomic E-state index is -0.987. The molecule has 1 N–H and O–H groups in total. The van der Waals surface area contributed by atoms with E-state index in [1.165, 1.54) is 11.7 Å². The van der Waals surface area contributed by atoms with Gasteiger partial charge in [-0.2, -0.15) is 0 Å². The third-order valence-electron chi connectivity index (χ3n) is 4.23. The second-order valence-electron chi connectivity index (χ2n) is 9.45. The Balaban J connectivity index is 2.42. The van der Waals surface area contributed by atoms with E-state index in [0.717, 1.165) is 10.9 Å². The number of aromatic nitrogens is 1. The molecule has 1 aromatic carbocycles. The summed E-state index contributed by atoms with van der Waals surface area (Å²) >= 11 is 0. The lowest BCUT2D eigenvalue weighted by Crippen LogP contribution is -2.45. The molecule has 1 heterocycles. The number of amides is 1. The molecule has 31 heavy (non-hydrogen) atoms. The van der Waals surface area contributed by atoms with Gasteiger partial charge in [0.05, 0.1) is 12.6 Å². The van der Waals surface area contributed by atoms with Crippen LogP contribution in [-0.4, -0.2) is 47.1 Å². The van der Waals surface area contributed by atoms with E-state index in [1.807, 2.05) is 25.1 Å². The van der Waals surface area contributed by atoms with Crippen LogP contribution in [0.15, 0.2) is 24.4 Å². The minimum Gasteiger partial charge on any atom is -0.467 e. The molecule has 1 aromatic heterocycles. The molecule has 0 aliphatic heterocycles. The van der Waals surface area contributed by atoms with E-state index in [-0.39, 0.29) is 6.42 Å². The van der Waals surface area contributed by atoms with Gasteiger partial charge in [-0.05, 0) is 65.7 Å². The van der Waals surface area contributed by atoms with Crippen molar-refractivity contribution in [2.24, 2.45) is 0 Å². The average Bonchev–Trinajstić information content (AvgIpc) is 2.95. The first-order valence-corrected chi connectivity index (χ1v) is 10.1. The van der Waals surface area contributed by atoms with E-state index in [4.69, 9.17) is 14.2 Å². The number of alkyl carbamates (subject to hydrolysis) is 1. The second-order valence-corrected chi connectivity index (χ2v) is 9.45. The highest BCUT2D eigenvalue weighted by atomic mass is 16.6. The number of esters is 1. The van der Waals surface area contributed by atoms with Crippen LogP contribution in [0.25, 0.3) is 10.9 Å². The summed E-state index contributed by atoms with van der Waals surface area (Å²) in [6, 6.07) is 4.68. The number of fused-ring (bicyclic) bond motifs is 1. The summed E-state index contributed by atoms with van der Waals surface area (Å²) in [5.41, 5.74) is 0.940. The minimum absolute atomic E-state index is 0.112. The molecule has 2 rings (SSSR count). The van der Waals surface area contributed by atoms with Crippen molar-refractivity contribution in [3.05, 3.63) is 35.5 Å². The Labute approximate surface area is 182 Å². The number of ether oxygens (including phenoxy) is 3. The first kappa shape index (κ1) is 24.2. The molecule has 170 valence electrons. The summed E-state index contributed by atoms with van der Waals surface area (Å²) in [5, 5.41) is 3.34. The summed E-state index contributed by atoms with van der Waals surface area (Å²) in [6.45, 7) is 12.5. The van der Waals surface area contributed by atoms with Crippen molar-refractivity contribution in [3.63, 3.8) is 0 Å². The highest BCUT2D eigenvalue weighted by Crippen LogP contribution is 2.25. The fourth-order valence-corrected chi connectivity index (χ4v) is 3.04. The number of carbonyl (C=O) groups excluding carboxylic acids is 3. The first-order valence-electron chi connectivity index (χ1n) is 10.1. The van der Waals surface area contributed by atoms with Crippen LogP contribution in [0.2, 0.25) is 0 Å². The van der Waals surface area contributed by atoms with Crippen LogP contribution in [0.1, 0.15) is 52.7 Å². The number of nitrogens with zero attached hydrogens (tertiary/aromatic N) is 1. The van der Waals surface area contributed by atoms with Gasteiger partial charge in [0.1, 0.15) is 17.2 Å². The number of benzene rings is 1. The predicted octanol–water partition coefficient (Wildman–Crippen LogP) is 4.34. The van der Waals surface area contributed by atoms with Crippen molar-refractivity contribution in [3.8, 4) is 0 Å². The molecule has 1 amide bonds. The summed E-state index contributed by atoms with van der Waals surface area (Å²) in [5.74, 6) is -0.615. The number of carbonyl (C=O) groups is 3. The molecular formula is C23H32N2O6. The van der Waals surface area contributed by atoms with Crippen LogP contribution in [0.4, 0.5) is 9.59 Å². The predicted molar refractivity (Wildman–Crippen MR) is 117 cm³/mol. The van der Waals surface area contributed by atoms with Gasteiger partial charge in [0.2, 0.25) is 0 Å². The van der Waals surface area contributed by atoms with E-state index in [2.05, 4.69) is 5.32 Å². The Morgan fingerprint density at radius 3 is 2.19 bits per heavy atom. The van der Waals surface area contributed by atoms with Crippen LogP contribution in [-0.2, 0) is 25.4 Å². The summed E-state index contributed by atoms with van der Waals surface area (Å²) in [4.78, 5) is 37.4. The van der Waals surface area contributed by atoms with Gasteiger partial charge in [0.25, 0.3) is 0 Å². The number of hydrogen-bond donors (Lipinski definition) is 1. The van der Waals surface area contributed by atoms with Crippen LogP contribution in [0, 0.1) is 6.92 Å². The third kappa shape index (κ3) is 6.73. The Hall–Kier alpha value is -3.03. The van der Waals surface area contributed by atoms with Gasteiger partial charge in [-0.25, -0.2) is 14.4 Å². The Morgan fingerprint density at radius 1 is 1.03 bits per heavy atom. The second kappa shape index (κ2) is 8.99. The number of aryl methyl sites for hydroxylation is 1. The van der Waals surface area contributed by atoms with Gasteiger partial charge < -0.3 is 19.5 Å². The topological polar surface area (TPSA) is 95.9 Å². The first-order chi connectivity index (χ1) is 14.2. The lowest BCUT2D eigenvalue weighted by molar-refractivity contribution is -0.143. The molecular weight excluding hydrogens is 400 g/mol. The van der Waals surface area contributed by atoms with Gasteiger partial charge >= 0.3 is 18.2 Å². The zero-order valence-electron chi connectivity index (χ0n) is 19.5. The quantitative estimate of drug-likeness (QED) is 0.570. The highest BCUT2D eigenvalue weighted by molar-refractivity contribution is 5.93. The van der Waals surface area contributed by atoms with Crippen molar-refractivity contribution in [1.82, 2.24) is 9.88 Å². The van der Waals surface area contributed by atoms with Crippen LogP contribution >= 0.6 is 0 Å². The lowest BCUT2D eigenvalue weighted by atomic mass is 10.0. The molecule has 0 bridgehead atoms. The molecule has 0 radical (unpaired) electrons. The molecule has 0 saturated heterocycles. The summed E-state index contributed by atoms with van der Waals surface area (Å²) < 4.78 is 17.1. The van der Waals surface area contributed by atoms with Crippen LogP contribution in [0.3, 0.4) is 0 Å². The number of hydrogen-bond acceptors (Lipinski definition) is 6. The lowest BCUT2D eigenvalue weighted by Gasteiger charge is -2.22. The fraction of sp³-hybridized carbons (Fsp3) is 0.522. The molecule has 0 aliphatic carbocycles. The Bertz CT molecular complexity index is 978. The molecule has 8 nitrogen and oxygen atoms in total. The molecule has 0 unspecified atom stereocenters. The van der Waals surface area contributed by atoms with E-state index in [1.54, 1.807) is 47.7 Å². The van der Waals surface area contributed by atoms with Gasteiger partial charge in [-0.15, -0.1) is 0 Å². The molecule has 2 aromatic rings. The molecule has 0 aliphatic rings. The molecule has 8 heteroatoms. The molecule has 0 spiro atoms. The number of nitrogens with one attached hydrogen (secondary N) is 1. The van der Waals surface area contributed by atoms with Crippen molar-refractivity contribution in [2.75, 3.05) is 7.11 Å². The van der Waals surface area contributed by atoms with E-state index in [0.29, 0.717) is 11.1 Å². The fourth-order valence-electron chi connectivity index (χ4n) is 3.04. The summed E-state index contributed by atoms with van der Waals surface area (Å²) in [6.07, 6.45) is 0.491. The maximum absolute atomic E-state index is 12.8. The van der Waals surface area contributed by atoms with Crippen molar-refractivity contribution in [2.45, 2.75) is 72.1 Å². The van der Waals surface area contributed by atoms with E-state index in [9.17, 15) is 14.4 Å². The van der Waals surface area contributed by atoms with Gasteiger partial charge in [-0.3, -0.25) is 4.57 Å². The number of methoxy groups -OCH3 is 1. The Kier molecular flexibility index (Phi) is 7.03. The van der Waals surface area contributed by atoms with Crippen molar-refractivity contribution >= 4 is 29.1 Å². The normalized spacial score (nSPS) is 12.9. The molecule has 1 atom stereocenters. The van der Waals surface area contributed by atoms with Crippen molar-refractivity contribution < 1.29 is 28.6 Å². The summed E-state index contributed by atoms with van der Waals surface area (Å²) in [7, 11) is 1.25. The molecule has 0 fully saturated rings. The largest absolute Gasteiger partial charge is 0.467 e. The monoisotopic (exact) mass is 432 g/mol. The van der Waals surface area contributed by atoms with Gasteiger partial charge in [0.15, 0.2) is 0 Å². The average molecular weight is 433 g/mol. The maximum atomic E-state index is 12.8. The maximum Gasteiger partial charge on any atom is 0.419 e. The van der Waals surface area contributed by atoms with Crippen LogP contribution < -0.4 is 5.32 Å².